The molecule has 0 aromatic heterocycles. The summed E-state index contributed by atoms with van der Waals surface area (Å²) in [6.45, 7) is 14.6. The summed E-state index contributed by atoms with van der Waals surface area (Å²) in [7, 11) is -1.55. The maximum Gasteiger partial charge on any atom is 0.263 e. The number of allylic oxidation sites excluding steroid dienone is 1. The number of amides is 1. The van der Waals surface area contributed by atoms with Crippen molar-refractivity contribution in [3.05, 3.63) is 70.3 Å². The smallest absolute Gasteiger partial charge is 0.263 e. The summed E-state index contributed by atoms with van der Waals surface area (Å²) in [5.41, 5.74) is 3.29. The normalized spacial score (nSPS) is 35.4. The highest BCUT2D eigenvalue weighted by Gasteiger charge is 2.53. The Kier molecular flexibility index (Phi) is 11.5. The number of hydrogen-bond acceptors (Lipinski definition) is 8. The molecule has 1 saturated carbocycles. The Morgan fingerprint density at radius 1 is 1.09 bits per heavy atom. The zero-order valence-corrected chi connectivity index (χ0v) is 34.0. The zero-order chi connectivity index (χ0) is 37.5. The van der Waals surface area contributed by atoms with Gasteiger partial charge in [-0.2, -0.15) is 0 Å². The van der Waals surface area contributed by atoms with Gasteiger partial charge in [-0.05, 0) is 111 Å². The van der Waals surface area contributed by atoms with Crippen molar-refractivity contribution in [2.45, 2.75) is 94.6 Å². The fraction of sp³-hybridized carbons (Fsp3) is 0.651. The molecule has 11 heteroatoms. The Hall–Kier alpha value is -2.47. The monoisotopic (exact) mass is 778 g/mol. The Morgan fingerprint density at radius 3 is 2.81 bits per heavy atom. The van der Waals surface area contributed by atoms with Crippen molar-refractivity contribution in [1.82, 2.24) is 14.5 Å². The number of nitrogens with zero attached hydrogens (tertiary/aromatic N) is 3. The van der Waals surface area contributed by atoms with Crippen LogP contribution in [-0.2, 0) is 32.3 Å². The lowest BCUT2D eigenvalue weighted by Crippen LogP contribution is -2.68. The number of benzene rings is 2. The molecule has 8 rings (SSSR count). The predicted molar refractivity (Wildman–Crippen MR) is 216 cm³/mol. The Bertz CT molecular complexity index is 1740. The minimum Gasteiger partial charge on any atom is -0.490 e. The van der Waals surface area contributed by atoms with Crippen molar-refractivity contribution in [3.63, 3.8) is 0 Å². The number of fused-ring (bicyclic) bond motifs is 5. The third-order valence-electron chi connectivity index (χ3n) is 13.7. The van der Waals surface area contributed by atoms with Gasteiger partial charge >= 0.3 is 0 Å². The number of halogens is 1. The average molecular weight is 779 g/mol. The van der Waals surface area contributed by atoms with E-state index in [1.807, 2.05) is 31.2 Å². The molecule has 54 heavy (non-hydrogen) atoms. The highest BCUT2D eigenvalue weighted by atomic mass is 35.5. The van der Waals surface area contributed by atoms with Crippen LogP contribution in [0.25, 0.3) is 0 Å². The van der Waals surface area contributed by atoms with E-state index in [1.165, 1.54) is 11.1 Å². The van der Waals surface area contributed by atoms with E-state index in [1.54, 1.807) is 0 Å². The van der Waals surface area contributed by atoms with Crippen LogP contribution in [-0.4, -0.2) is 103 Å². The van der Waals surface area contributed by atoms with Crippen LogP contribution in [0.15, 0.2) is 48.6 Å². The van der Waals surface area contributed by atoms with Gasteiger partial charge in [0.1, 0.15) is 22.5 Å². The first-order valence-electron chi connectivity index (χ1n) is 20.6. The lowest BCUT2D eigenvalue weighted by molar-refractivity contribution is -0.209. The molecule has 2 saturated heterocycles. The molecule has 2 aliphatic carbocycles. The summed E-state index contributed by atoms with van der Waals surface area (Å²) in [6.07, 6.45) is 12.8. The standard InChI is InChI=1S/C43H59ClN4O5S/c1-4-5-21-53-43(48-19-18-46-20-22-51-27-36(46)26-48)17-6-8-30(2)31(3)54(50)45-41(49)33-11-15-40-39(24-33)47(25-34-10-13-38(34)43)28-42(29-52-40)16-7-9-32-23-35(44)12-14-37(32)42/h6,11-12,14-15,17,23-24,30-31,34,36,38H,4-5,7-10,13,16,18-22,25-29H2,1-3H3,(H,45,49)/b17-6+/t30?,31?,34?,36?,38?,42-,43+,54?/m0/s1. The maximum atomic E-state index is 13.7. The number of hydrogen-bond donors (Lipinski definition) is 1. The van der Waals surface area contributed by atoms with Crippen molar-refractivity contribution < 1.29 is 23.2 Å². The van der Waals surface area contributed by atoms with Crippen LogP contribution < -0.4 is 14.4 Å². The second kappa shape index (κ2) is 16.2. The number of ether oxygens (including phenoxy) is 3. The maximum absolute atomic E-state index is 13.7. The molecule has 294 valence electrons. The van der Waals surface area contributed by atoms with Gasteiger partial charge in [0.05, 0.1) is 30.8 Å². The molecular weight excluding hydrogens is 720 g/mol. The van der Waals surface area contributed by atoms with E-state index in [2.05, 4.69) is 57.6 Å². The molecule has 3 fully saturated rings. The van der Waals surface area contributed by atoms with Gasteiger partial charge in [0.15, 0.2) is 0 Å². The van der Waals surface area contributed by atoms with Crippen LogP contribution in [0.2, 0.25) is 5.02 Å². The van der Waals surface area contributed by atoms with Gasteiger partial charge in [-0.25, -0.2) is 4.21 Å². The number of unbranched alkanes of at least 4 members (excludes halogenated alkanes) is 1. The topological polar surface area (TPSA) is 83.6 Å². The molecule has 2 bridgehead atoms. The summed E-state index contributed by atoms with van der Waals surface area (Å²) in [5, 5.41) is 0.539. The summed E-state index contributed by atoms with van der Waals surface area (Å²) < 4.78 is 36.6. The molecule has 4 heterocycles. The van der Waals surface area contributed by atoms with Gasteiger partial charge in [0, 0.05) is 73.8 Å². The van der Waals surface area contributed by atoms with Gasteiger partial charge in [-0.1, -0.05) is 44.0 Å². The molecule has 2 aromatic rings. The molecule has 9 nitrogen and oxygen atoms in total. The van der Waals surface area contributed by atoms with Crippen molar-refractivity contribution in [1.29, 1.82) is 0 Å². The van der Waals surface area contributed by atoms with Gasteiger partial charge in [0.25, 0.3) is 5.91 Å². The highest BCUT2D eigenvalue weighted by molar-refractivity contribution is 7.84. The fourth-order valence-electron chi connectivity index (χ4n) is 10.1. The number of aryl methyl sites for hydroxylation is 1. The molecule has 6 aliphatic rings. The number of piperazine rings is 1. The van der Waals surface area contributed by atoms with Crippen LogP contribution in [0.3, 0.4) is 0 Å². The minimum absolute atomic E-state index is 0.0878. The molecule has 2 aromatic carbocycles. The lowest BCUT2D eigenvalue weighted by atomic mass is 9.66. The number of carbonyl (C=O) groups excluding carboxylic acids is 1. The van der Waals surface area contributed by atoms with E-state index in [4.69, 9.17) is 25.8 Å². The largest absolute Gasteiger partial charge is 0.490 e. The molecule has 1 spiro atoms. The number of morpholine rings is 1. The molecule has 1 N–H and O–H groups in total. The quantitative estimate of drug-likeness (QED) is 0.264. The van der Waals surface area contributed by atoms with Crippen molar-refractivity contribution >= 4 is 34.2 Å². The second-order valence-electron chi connectivity index (χ2n) is 16.9. The molecule has 6 unspecified atom stereocenters. The van der Waals surface area contributed by atoms with Crippen LogP contribution >= 0.6 is 11.6 Å². The second-order valence-corrected chi connectivity index (χ2v) is 18.9. The number of anilines is 1. The van der Waals surface area contributed by atoms with E-state index in [0.717, 1.165) is 120 Å². The minimum atomic E-state index is -1.55. The Balaban J connectivity index is 1.22. The van der Waals surface area contributed by atoms with Gasteiger partial charge in [-0.3, -0.25) is 19.3 Å². The van der Waals surface area contributed by atoms with Crippen LogP contribution in [0, 0.1) is 17.8 Å². The van der Waals surface area contributed by atoms with E-state index in [9.17, 15) is 9.00 Å². The SMILES string of the molecule is CCCCO[C@]1(N2CCN3CCOCC3C2)/C=C/CC(C)C(C)S(=O)NC(=O)c2ccc3c(c2)N(CC2CCC21)C[C@@]1(CCCc2cc(Cl)ccc21)CO3. The van der Waals surface area contributed by atoms with E-state index < -0.39 is 16.7 Å². The number of nitrogens with one attached hydrogen (secondary N) is 1. The molecular formula is C43H59ClN4O5S. The van der Waals surface area contributed by atoms with Crippen molar-refractivity contribution in [2.75, 3.05) is 70.6 Å². The first-order valence-corrected chi connectivity index (χ1v) is 22.2. The summed E-state index contributed by atoms with van der Waals surface area (Å²) in [5.74, 6) is 1.21. The molecule has 4 aliphatic heterocycles. The van der Waals surface area contributed by atoms with Crippen LogP contribution in [0.4, 0.5) is 5.69 Å². The molecule has 1 amide bonds. The van der Waals surface area contributed by atoms with Crippen molar-refractivity contribution in [3.8, 4) is 5.75 Å². The summed E-state index contributed by atoms with van der Waals surface area (Å²) >= 11 is 6.55. The van der Waals surface area contributed by atoms with E-state index in [0.29, 0.717) is 30.7 Å². The predicted octanol–water partition coefficient (Wildman–Crippen LogP) is 6.75. The Morgan fingerprint density at radius 2 is 1.98 bits per heavy atom. The highest BCUT2D eigenvalue weighted by Crippen LogP contribution is 2.50. The zero-order valence-electron chi connectivity index (χ0n) is 32.4. The Labute approximate surface area is 329 Å². The van der Waals surface area contributed by atoms with Gasteiger partial charge in [-0.15, -0.1) is 0 Å². The summed E-state index contributed by atoms with van der Waals surface area (Å²) in [4.78, 5) is 21.5. The van der Waals surface area contributed by atoms with Gasteiger partial charge in [0.2, 0.25) is 0 Å². The molecule has 8 atom stereocenters. The number of carbonyl (C=O) groups is 1. The van der Waals surface area contributed by atoms with Gasteiger partial charge < -0.3 is 19.1 Å². The van der Waals surface area contributed by atoms with Crippen LogP contribution in [0.1, 0.15) is 87.2 Å². The van der Waals surface area contributed by atoms with E-state index in [-0.39, 0.29) is 28.4 Å². The number of rotatable bonds is 5. The fourth-order valence-corrected chi connectivity index (χ4v) is 11.3. The van der Waals surface area contributed by atoms with E-state index >= 15 is 0 Å². The lowest BCUT2D eigenvalue weighted by Gasteiger charge is -2.57. The third-order valence-corrected chi connectivity index (χ3v) is 15.4. The first kappa shape index (κ1) is 38.4. The molecule has 0 radical (unpaired) electrons. The summed E-state index contributed by atoms with van der Waals surface area (Å²) in [6, 6.07) is 12.5. The third kappa shape index (κ3) is 7.40. The van der Waals surface area contributed by atoms with Crippen LogP contribution in [0.5, 0.6) is 5.75 Å². The first-order chi connectivity index (χ1) is 26.2. The van der Waals surface area contributed by atoms with Crippen molar-refractivity contribution in [2.24, 2.45) is 17.8 Å². The average Bonchev–Trinajstić information content (AvgIpc) is 3.32.